The van der Waals surface area contributed by atoms with Gasteiger partial charge in [-0.2, -0.15) is 0 Å². The van der Waals surface area contributed by atoms with Crippen LogP contribution in [0.1, 0.15) is 23.6 Å². The summed E-state index contributed by atoms with van der Waals surface area (Å²) in [6.07, 6.45) is 1.52. The first-order valence-electron chi connectivity index (χ1n) is 6.58. The summed E-state index contributed by atoms with van der Waals surface area (Å²) in [6.45, 7) is 5.93. The van der Waals surface area contributed by atoms with Gasteiger partial charge in [0.05, 0.1) is 0 Å². The van der Waals surface area contributed by atoms with E-state index in [4.69, 9.17) is 4.74 Å². The highest BCUT2D eigenvalue weighted by Crippen LogP contribution is 2.16. The number of benzene rings is 2. The molecule has 0 spiro atoms. The van der Waals surface area contributed by atoms with Crippen molar-refractivity contribution in [3.8, 4) is 5.75 Å². The fraction of sp³-hybridized carbons (Fsp3) is 0.167. The highest BCUT2D eigenvalue weighted by atomic mass is 16.5. The van der Waals surface area contributed by atoms with Crippen LogP contribution in [0, 0.1) is 13.8 Å². The van der Waals surface area contributed by atoms with E-state index in [1.807, 2.05) is 57.2 Å². The summed E-state index contributed by atoms with van der Waals surface area (Å²) < 4.78 is 5.27. The molecule has 0 amide bonds. The molecule has 0 fully saturated rings. The van der Waals surface area contributed by atoms with Gasteiger partial charge in [0.1, 0.15) is 5.75 Å². The summed E-state index contributed by atoms with van der Waals surface area (Å²) in [6, 6.07) is 15.5. The molecule has 0 unspecified atom stereocenters. The molecule has 0 aliphatic carbocycles. The van der Waals surface area contributed by atoms with Crippen LogP contribution >= 0.6 is 0 Å². The SMILES string of the molecule is C/C(=C\C(=O)Oc1ccc(C)cc1)c1ccc(C)cc1. The highest BCUT2D eigenvalue weighted by Gasteiger charge is 2.03. The molecule has 0 aromatic heterocycles. The van der Waals surface area contributed by atoms with Gasteiger partial charge in [0, 0.05) is 6.08 Å². The lowest BCUT2D eigenvalue weighted by Gasteiger charge is -2.04. The zero-order valence-corrected chi connectivity index (χ0v) is 12.0. The Bertz CT molecular complexity index is 619. The van der Waals surface area contributed by atoms with Crippen LogP contribution in [0.25, 0.3) is 5.57 Å². The van der Waals surface area contributed by atoms with Gasteiger partial charge in [0.2, 0.25) is 0 Å². The third kappa shape index (κ3) is 3.82. The Hall–Kier alpha value is -2.35. The number of allylic oxidation sites excluding steroid dienone is 1. The number of ether oxygens (including phenoxy) is 1. The number of hydrogen-bond donors (Lipinski definition) is 0. The molecule has 2 heteroatoms. The second-order valence-electron chi connectivity index (χ2n) is 4.93. The minimum Gasteiger partial charge on any atom is -0.423 e. The molecule has 20 heavy (non-hydrogen) atoms. The fourth-order valence-corrected chi connectivity index (χ4v) is 1.83. The standard InChI is InChI=1S/C18H18O2/c1-13-4-8-16(9-5-13)15(3)12-18(19)20-17-10-6-14(2)7-11-17/h4-12H,1-3H3/b15-12+. The summed E-state index contributed by atoms with van der Waals surface area (Å²) in [5.41, 5.74) is 4.25. The molecule has 2 aromatic carbocycles. The minimum absolute atomic E-state index is 0.355. The first-order valence-corrected chi connectivity index (χ1v) is 6.58. The Balaban J connectivity index is 2.07. The van der Waals surface area contributed by atoms with Crippen LogP contribution in [-0.2, 0) is 4.79 Å². The van der Waals surface area contributed by atoms with E-state index in [1.165, 1.54) is 11.6 Å². The van der Waals surface area contributed by atoms with Crippen molar-refractivity contribution in [1.82, 2.24) is 0 Å². The molecular formula is C18H18O2. The fourth-order valence-electron chi connectivity index (χ4n) is 1.83. The monoisotopic (exact) mass is 266 g/mol. The summed E-state index contributed by atoms with van der Waals surface area (Å²) in [7, 11) is 0. The van der Waals surface area contributed by atoms with E-state index in [0.29, 0.717) is 5.75 Å². The van der Waals surface area contributed by atoms with Crippen molar-refractivity contribution in [3.05, 3.63) is 71.3 Å². The van der Waals surface area contributed by atoms with Gasteiger partial charge in [0.15, 0.2) is 0 Å². The molecule has 0 bridgehead atoms. The van der Waals surface area contributed by atoms with E-state index in [0.717, 1.165) is 16.7 Å². The van der Waals surface area contributed by atoms with Crippen LogP contribution in [0.3, 0.4) is 0 Å². The zero-order chi connectivity index (χ0) is 14.5. The lowest BCUT2D eigenvalue weighted by Crippen LogP contribution is -2.04. The van der Waals surface area contributed by atoms with E-state index >= 15 is 0 Å². The summed E-state index contributed by atoms with van der Waals surface area (Å²) >= 11 is 0. The molecule has 0 saturated carbocycles. The summed E-state index contributed by atoms with van der Waals surface area (Å²) in [5.74, 6) is 0.209. The maximum Gasteiger partial charge on any atom is 0.336 e. The van der Waals surface area contributed by atoms with Crippen molar-refractivity contribution in [1.29, 1.82) is 0 Å². The average Bonchev–Trinajstić information content (AvgIpc) is 2.42. The molecule has 0 aliphatic heterocycles. The number of rotatable bonds is 3. The van der Waals surface area contributed by atoms with Gasteiger partial charge < -0.3 is 4.74 Å². The number of hydrogen-bond acceptors (Lipinski definition) is 2. The van der Waals surface area contributed by atoms with E-state index in [2.05, 4.69) is 0 Å². The molecule has 102 valence electrons. The van der Waals surface area contributed by atoms with E-state index in [-0.39, 0.29) is 5.97 Å². The largest absolute Gasteiger partial charge is 0.423 e. The van der Waals surface area contributed by atoms with Crippen molar-refractivity contribution < 1.29 is 9.53 Å². The zero-order valence-electron chi connectivity index (χ0n) is 12.0. The molecule has 0 aliphatic rings. The molecule has 0 heterocycles. The molecule has 2 nitrogen and oxygen atoms in total. The summed E-state index contributed by atoms with van der Waals surface area (Å²) in [5, 5.41) is 0. The Morgan fingerprint density at radius 2 is 1.40 bits per heavy atom. The van der Waals surface area contributed by atoms with Crippen LogP contribution in [0.4, 0.5) is 0 Å². The maximum atomic E-state index is 11.8. The van der Waals surface area contributed by atoms with Crippen molar-refractivity contribution in [2.45, 2.75) is 20.8 Å². The Morgan fingerprint density at radius 1 is 0.900 bits per heavy atom. The van der Waals surface area contributed by atoms with Crippen LogP contribution in [0.5, 0.6) is 5.75 Å². The van der Waals surface area contributed by atoms with Gasteiger partial charge in [0.25, 0.3) is 0 Å². The first kappa shape index (κ1) is 14.1. The van der Waals surface area contributed by atoms with Crippen LogP contribution in [-0.4, -0.2) is 5.97 Å². The van der Waals surface area contributed by atoms with Gasteiger partial charge in [-0.15, -0.1) is 0 Å². The molecule has 2 rings (SSSR count). The predicted molar refractivity (Wildman–Crippen MR) is 81.6 cm³/mol. The van der Waals surface area contributed by atoms with Gasteiger partial charge in [-0.05, 0) is 44.0 Å². The molecule has 0 N–H and O–H groups in total. The quantitative estimate of drug-likeness (QED) is 0.470. The normalized spacial score (nSPS) is 11.2. The first-order chi connectivity index (χ1) is 9.54. The summed E-state index contributed by atoms with van der Waals surface area (Å²) in [4.78, 5) is 11.8. The number of aryl methyl sites for hydroxylation is 2. The Kier molecular flexibility index (Phi) is 4.36. The van der Waals surface area contributed by atoms with Crippen LogP contribution < -0.4 is 4.74 Å². The highest BCUT2D eigenvalue weighted by molar-refractivity contribution is 5.92. The van der Waals surface area contributed by atoms with Crippen molar-refractivity contribution in [3.63, 3.8) is 0 Å². The Labute approximate surface area is 119 Å². The van der Waals surface area contributed by atoms with E-state index in [1.54, 1.807) is 12.1 Å². The molecule has 0 atom stereocenters. The second kappa shape index (κ2) is 6.20. The lowest BCUT2D eigenvalue weighted by atomic mass is 10.1. The van der Waals surface area contributed by atoms with E-state index in [9.17, 15) is 4.79 Å². The van der Waals surface area contributed by atoms with Gasteiger partial charge in [-0.3, -0.25) is 0 Å². The number of carbonyl (C=O) groups is 1. The van der Waals surface area contributed by atoms with Gasteiger partial charge in [-0.1, -0.05) is 47.5 Å². The Morgan fingerprint density at radius 3 is 1.95 bits per heavy atom. The molecular weight excluding hydrogens is 248 g/mol. The third-order valence-electron chi connectivity index (χ3n) is 3.08. The van der Waals surface area contributed by atoms with Gasteiger partial charge >= 0.3 is 5.97 Å². The van der Waals surface area contributed by atoms with E-state index < -0.39 is 0 Å². The molecule has 0 saturated heterocycles. The van der Waals surface area contributed by atoms with Crippen LogP contribution in [0.2, 0.25) is 0 Å². The third-order valence-corrected chi connectivity index (χ3v) is 3.08. The average molecular weight is 266 g/mol. The topological polar surface area (TPSA) is 26.3 Å². The number of carbonyl (C=O) groups excluding carboxylic acids is 1. The second-order valence-corrected chi connectivity index (χ2v) is 4.93. The maximum absolute atomic E-state index is 11.8. The number of esters is 1. The molecule has 2 aromatic rings. The minimum atomic E-state index is -0.355. The molecule has 0 radical (unpaired) electrons. The van der Waals surface area contributed by atoms with Gasteiger partial charge in [-0.25, -0.2) is 4.79 Å². The predicted octanol–water partition coefficient (Wildman–Crippen LogP) is 4.31. The smallest absolute Gasteiger partial charge is 0.336 e. The van der Waals surface area contributed by atoms with Crippen molar-refractivity contribution in [2.24, 2.45) is 0 Å². The lowest BCUT2D eigenvalue weighted by molar-refractivity contribution is -0.128. The van der Waals surface area contributed by atoms with Crippen molar-refractivity contribution in [2.75, 3.05) is 0 Å². The van der Waals surface area contributed by atoms with Crippen LogP contribution in [0.15, 0.2) is 54.6 Å². The van der Waals surface area contributed by atoms with Crippen molar-refractivity contribution >= 4 is 11.5 Å².